The van der Waals surface area contributed by atoms with Crippen LogP contribution in [0.5, 0.6) is 0 Å². The van der Waals surface area contributed by atoms with E-state index in [0.717, 1.165) is 10.4 Å². The molecule has 0 saturated carbocycles. The van der Waals surface area contributed by atoms with Gasteiger partial charge < -0.3 is 5.11 Å². The van der Waals surface area contributed by atoms with E-state index in [2.05, 4.69) is 9.82 Å². The van der Waals surface area contributed by atoms with Crippen LogP contribution in [-0.2, 0) is 17.1 Å². The van der Waals surface area contributed by atoms with Crippen LogP contribution in [-0.4, -0.2) is 29.8 Å². The van der Waals surface area contributed by atoms with Crippen LogP contribution in [0.2, 0.25) is 0 Å². The van der Waals surface area contributed by atoms with Crippen molar-refractivity contribution in [2.24, 2.45) is 7.05 Å². The molecule has 0 aliphatic heterocycles. The van der Waals surface area contributed by atoms with Crippen molar-refractivity contribution in [3.63, 3.8) is 0 Å². The van der Waals surface area contributed by atoms with Crippen LogP contribution in [0.25, 0.3) is 0 Å². The van der Waals surface area contributed by atoms with E-state index in [9.17, 15) is 13.5 Å². The predicted octanol–water partition coefficient (Wildman–Crippen LogP) is 0.802. The number of thiophene rings is 1. The summed E-state index contributed by atoms with van der Waals surface area (Å²) < 4.78 is 27.7. The third-order valence-electron chi connectivity index (χ3n) is 2.66. The van der Waals surface area contributed by atoms with Gasteiger partial charge in [-0.25, -0.2) is 13.1 Å². The summed E-state index contributed by atoms with van der Waals surface area (Å²) in [5.41, 5.74) is 0.957. The summed E-state index contributed by atoms with van der Waals surface area (Å²) in [4.78, 5) is 0.860. The molecule has 0 radical (unpaired) electrons. The number of rotatable bonds is 5. The van der Waals surface area contributed by atoms with Crippen molar-refractivity contribution in [1.29, 1.82) is 0 Å². The molecule has 0 aliphatic rings. The largest absolute Gasteiger partial charge is 0.386 e. The highest BCUT2D eigenvalue weighted by Crippen LogP contribution is 2.23. The van der Waals surface area contributed by atoms with Gasteiger partial charge in [-0.15, -0.1) is 11.3 Å². The van der Waals surface area contributed by atoms with E-state index >= 15 is 0 Å². The second kappa shape index (κ2) is 5.41. The van der Waals surface area contributed by atoms with Crippen LogP contribution in [0.1, 0.15) is 16.5 Å². The summed E-state index contributed by atoms with van der Waals surface area (Å²) >= 11 is 1.41. The quantitative estimate of drug-likeness (QED) is 0.855. The fourth-order valence-corrected chi connectivity index (χ4v) is 3.56. The van der Waals surface area contributed by atoms with Crippen molar-refractivity contribution in [2.75, 3.05) is 6.54 Å². The zero-order valence-electron chi connectivity index (χ0n) is 10.6. The molecular formula is C11H15N3O3S2. The van der Waals surface area contributed by atoms with Crippen LogP contribution in [0, 0.1) is 6.92 Å². The Morgan fingerprint density at radius 1 is 1.58 bits per heavy atom. The Bertz CT molecular complexity index is 660. The summed E-state index contributed by atoms with van der Waals surface area (Å²) in [6.45, 7) is 1.82. The number of sulfonamides is 1. The molecule has 0 saturated heterocycles. The molecule has 0 spiro atoms. The smallest absolute Gasteiger partial charge is 0.243 e. The van der Waals surface area contributed by atoms with Crippen LogP contribution >= 0.6 is 11.3 Å². The van der Waals surface area contributed by atoms with Crippen molar-refractivity contribution < 1.29 is 13.5 Å². The average Bonchev–Trinajstić information content (AvgIpc) is 2.95. The highest BCUT2D eigenvalue weighted by molar-refractivity contribution is 7.89. The van der Waals surface area contributed by atoms with E-state index in [1.165, 1.54) is 28.4 Å². The van der Waals surface area contributed by atoms with Crippen molar-refractivity contribution in [2.45, 2.75) is 17.9 Å². The lowest BCUT2D eigenvalue weighted by Crippen LogP contribution is -2.28. The van der Waals surface area contributed by atoms with Crippen molar-refractivity contribution in [3.8, 4) is 0 Å². The molecule has 8 heteroatoms. The standard InChI is InChI=1S/C11H15N3O3S2/c1-8-3-4-18-11(8)10(15)6-13-19(16,17)9-5-12-14(2)7-9/h3-5,7,10,13,15H,6H2,1-2H3/t10-/m1/s1. The number of aryl methyl sites for hydroxylation is 2. The van der Waals surface area contributed by atoms with Gasteiger partial charge in [0.05, 0.1) is 6.20 Å². The summed E-state index contributed by atoms with van der Waals surface area (Å²) in [6.07, 6.45) is 1.84. The summed E-state index contributed by atoms with van der Waals surface area (Å²) in [5, 5.41) is 15.6. The second-order valence-corrected chi connectivity index (χ2v) is 6.90. The van der Waals surface area contributed by atoms with E-state index < -0.39 is 16.1 Å². The molecule has 0 amide bonds. The Hall–Kier alpha value is -1.22. The predicted molar refractivity (Wildman–Crippen MR) is 72.4 cm³/mol. The molecule has 0 bridgehead atoms. The topological polar surface area (TPSA) is 84.2 Å². The number of aromatic nitrogens is 2. The van der Waals surface area contributed by atoms with E-state index in [1.807, 2.05) is 18.4 Å². The summed E-state index contributed by atoms with van der Waals surface area (Å²) in [7, 11) is -1.99. The van der Waals surface area contributed by atoms with Gasteiger partial charge in [-0.2, -0.15) is 5.10 Å². The van der Waals surface area contributed by atoms with Crippen LogP contribution in [0.15, 0.2) is 28.7 Å². The third kappa shape index (κ3) is 3.21. The number of nitrogens with zero attached hydrogens (tertiary/aromatic N) is 2. The maximum atomic E-state index is 11.9. The van der Waals surface area contributed by atoms with Crippen molar-refractivity contribution in [3.05, 3.63) is 34.3 Å². The van der Waals surface area contributed by atoms with Crippen LogP contribution in [0.4, 0.5) is 0 Å². The lowest BCUT2D eigenvalue weighted by atomic mass is 10.2. The molecule has 6 nitrogen and oxygen atoms in total. The highest BCUT2D eigenvalue weighted by Gasteiger charge is 2.19. The zero-order chi connectivity index (χ0) is 14.0. The molecule has 0 aromatic carbocycles. The minimum atomic E-state index is -3.63. The fourth-order valence-electron chi connectivity index (χ4n) is 1.63. The maximum absolute atomic E-state index is 11.9. The molecule has 2 rings (SSSR count). The van der Waals surface area contributed by atoms with Gasteiger partial charge in [0.15, 0.2) is 0 Å². The van der Waals surface area contributed by atoms with Gasteiger partial charge in [0.1, 0.15) is 11.0 Å². The van der Waals surface area contributed by atoms with Gasteiger partial charge in [0, 0.05) is 24.7 Å². The summed E-state index contributed by atoms with van der Waals surface area (Å²) in [5.74, 6) is 0. The van der Waals surface area contributed by atoms with E-state index in [0.29, 0.717) is 0 Å². The average molecular weight is 301 g/mol. The molecule has 1 atom stereocenters. The van der Waals surface area contributed by atoms with Gasteiger partial charge in [-0.05, 0) is 23.9 Å². The van der Waals surface area contributed by atoms with Gasteiger partial charge in [-0.3, -0.25) is 4.68 Å². The first kappa shape index (κ1) is 14.2. The van der Waals surface area contributed by atoms with E-state index in [1.54, 1.807) is 7.05 Å². The van der Waals surface area contributed by atoms with Crippen molar-refractivity contribution >= 4 is 21.4 Å². The first-order valence-electron chi connectivity index (χ1n) is 5.60. The Labute approximate surface area is 115 Å². The Morgan fingerprint density at radius 2 is 2.32 bits per heavy atom. The lowest BCUT2D eigenvalue weighted by molar-refractivity contribution is 0.185. The molecule has 2 aromatic rings. The zero-order valence-corrected chi connectivity index (χ0v) is 12.2. The monoisotopic (exact) mass is 301 g/mol. The molecule has 0 fully saturated rings. The summed E-state index contributed by atoms with van der Waals surface area (Å²) in [6, 6.07) is 1.89. The number of hydrogen-bond acceptors (Lipinski definition) is 5. The first-order valence-corrected chi connectivity index (χ1v) is 7.97. The molecule has 0 unspecified atom stereocenters. The number of aliphatic hydroxyl groups is 1. The Kier molecular flexibility index (Phi) is 4.04. The SMILES string of the molecule is Cc1ccsc1[C@H](O)CNS(=O)(=O)c1cnn(C)c1. The van der Waals surface area contributed by atoms with Crippen molar-refractivity contribution in [1.82, 2.24) is 14.5 Å². The fraction of sp³-hybridized carbons (Fsp3) is 0.364. The minimum absolute atomic E-state index is 0.0570. The van der Waals surface area contributed by atoms with Gasteiger partial charge in [0.25, 0.3) is 0 Å². The molecule has 19 heavy (non-hydrogen) atoms. The van der Waals surface area contributed by atoms with Gasteiger partial charge >= 0.3 is 0 Å². The van der Waals surface area contributed by atoms with Crippen LogP contribution in [0.3, 0.4) is 0 Å². The first-order chi connectivity index (χ1) is 8.90. The Balaban J connectivity index is 2.04. The van der Waals surface area contributed by atoms with E-state index in [-0.39, 0.29) is 11.4 Å². The Morgan fingerprint density at radius 3 is 2.84 bits per heavy atom. The molecule has 104 valence electrons. The molecule has 2 N–H and O–H groups in total. The second-order valence-electron chi connectivity index (χ2n) is 4.19. The number of aliphatic hydroxyl groups excluding tert-OH is 1. The van der Waals surface area contributed by atoms with E-state index in [4.69, 9.17) is 0 Å². The molecule has 0 aliphatic carbocycles. The number of hydrogen-bond donors (Lipinski definition) is 2. The normalized spacial score (nSPS) is 13.6. The van der Waals surface area contributed by atoms with Gasteiger partial charge in [-0.1, -0.05) is 0 Å². The molecular weight excluding hydrogens is 286 g/mol. The molecule has 2 aromatic heterocycles. The lowest BCUT2D eigenvalue weighted by Gasteiger charge is -2.11. The van der Waals surface area contributed by atoms with Crippen LogP contribution < -0.4 is 4.72 Å². The third-order valence-corrected chi connectivity index (χ3v) is 5.16. The van der Waals surface area contributed by atoms with Gasteiger partial charge in [0.2, 0.25) is 10.0 Å². The highest BCUT2D eigenvalue weighted by atomic mass is 32.2. The molecule has 2 heterocycles. The minimum Gasteiger partial charge on any atom is -0.386 e. The maximum Gasteiger partial charge on any atom is 0.243 e. The number of nitrogens with one attached hydrogen (secondary N) is 1.